The van der Waals surface area contributed by atoms with Crippen LogP contribution < -0.4 is 42.0 Å². The van der Waals surface area contributed by atoms with Crippen molar-refractivity contribution in [2.45, 2.75) is 61.4 Å². The van der Waals surface area contributed by atoms with Gasteiger partial charge in [-0.25, -0.2) is 33.0 Å². The summed E-state index contributed by atoms with van der Waals surface area (Å²) in [5, 5.41) is 26.8. The molecule has 4 atom stereocenters. The van der Waals surface area contributed by atoms with E-state index < -0.39 is 71.0 Å². The van der Waals surface area contributed by atoms with E-state index in [9.17, 15) is 36.7 Å². The van der Waals surface area contributed by atoms with Gasteiger partial charge in [0, 0.05) is 65.9 Å². The minimum absolute atomic E-state index is 0.00245. The second-order valence-corrected chi connectivity index (χ2v) is 15.4. The molecule has 0 bridgehead atoms. The Balaban J connectivity index is 0.000000159. The number of hydrazine groups is 1. The van der Waals surface area contributed by atoms with Crippen LogP contribution >= 0.6 is 0 Å². The first-order valence-electron chi connectivity index (χ1n) is 20.2. The number of halogens is 4. The van der Waals surface area contributed by atoms with Gasteiger partial charge in [0.2, 0.25) is 17.7 Å². The van der Waals surface area contributed by atoms with Crippen molar-refractivity contribution in [2.75, 3.05) is 32.6 Å². The highest BCUT2D eigenvalue weighted by Crippen LogP contribution is 2.41. The van der Waals surface area contributed by atoms with Gasteiger partial charge in [0.05, 0.1) is 19.8 Å². The zero-order chi connectivity index (χ0) is 45.7. The zero-order valence-electron chi connectivity index (χ0n) is 34.4. The normalized spacial score (nSPS) is 19.8. The molecule has 2 saturated carbocycles. The average molecular weight is 889 g/mol. The third kappa shape index (κ3) is 10.3. The van der Waals surface area contributed by atoms with Crippen molar-refractivity contribution in [1.29, 1.82) is 0 Å². The largest absolute Gasteiger partial charge is 0.497 e. The number of rotatable bonds is 11. The van der Waals surface area contributed by atoms with E-state index in [0.29, 0.717) is 23.3 Å². The molecule has 2 saturated heterocycles. The monoisotopic (exact) mass is 888 g/mol. The fraction of sp³-hybridized carbons (Fsp3) is 0.318. The van der Waals surface area contributed by atoms with Gasteiger partial charge < -0.3 is 40.3 Å². The number of carboxylic acid groups (broad SMARTS) is 1. The number of carbonyl (C=O) groups excluding carboxylic acids is 3. The number of carbonyl (C=O) groups is 4. The van der Waals surface area contributed by atoms with Crippen LogP contribution in [0, 0.1) is 23.3 Å². The molecule has 2 aliphatic heterocycles. The van der Waals surface area contributed by atoms with E-state index in [0.717, 1.165) is 29.8 Å². The lowest BCUT2D eigenvalue weighted by molar-refractivity contribution is -0.121. The Labute approximate surface area is 363 Å². The minimum Gasteiger partial charge on any atom is -0.497 e. The number of anilines is 1. The van der Waals surface area contributed by atoms with Crippen molar-refractivity contribution in [3.8, 4) is 23.0 Å². The minimum atomic E-state index is -1.12. The summed E-state index contributed by atoms with van der Waals surface area (Å²) in [5.41, 5.74) is 4.99. The van der Waals surface area contributed by atoms with Crippen LogP contribution in [-0.2, 0) is 9.59 Å². The molecule has 1 aromatic heterocycles. The van der Waals surface area contributed by atoms with E-state index in [-0.39, 0.29) is 41.7 Å². The van der Waals surface area contributed by atoms with Crippen LogP contribution in [0.1, 0.15) is 82.0 Å². The maximum absolute atomic E-state index is 14.6. The Morgan fingerprint density at radius 1 is 0.719 bits per heavy atom. The van der Waals surface area contributed by atoms with E-state index in [2.05, 4.69) is 31.5 Å². The van der Waals surface area contributed by atoms with Crippen LogP contribution in [0.25, 0.3) is 11.5 Å². The first-order valence-corrected chi connectivity index (χ1v) is 20.2. The number of urea groups is 1. The molecule has 4 fully saturated rings. The molecule has 0 spiro atoms. The van der Waals surface area contributed by atoms with Crippen LogP contribution in [0.5, 0.6) is 11.5 Å². The van der Waals surface area contributed by atoms with Crippen LogP contribution in [0.3, 0.4) is 0 Å². The van der Waals surface area contributed by atoms with Gasteiger partial charge in [-0.2, -0.15) is 0 Å². The van der Waals surface area contributed by atoms with Crippen molar-refractivity contribution in [1.82, 2.24) is 31.6 Å². The maximum atomic E-state index is 14.6. The van der Waals surface area contributed by atoms with Gasteiger partial charge in [0.15, 0.2) is 0 Å². The molecule has 0 radical (unpaired) electrons. The number of hydrogen-bond acceptors (Lipinski definition) is 11. The topological polar surface area (TPSA) is 232 Å². The smallest absolute Gasteiger partial charge is 0.335 e. The van der Waals surface area contributed by atoms with Crippen molar-refractivity contribution in [3.05, 3.63) is 124 Å². The lowest BCUT2D eigenvalue weighted by Gasteiger charge is -2.19. The van der Waals surface area contributed by atoms with E-state index in [1.807, 2.05) is 36.4 Å². The third-order valence-electron chi connectivity index (χ3n) is 11.2. The second-order valence-electron chi connectivity index (χ2n) is 15.4. The molecular formula is C44H44F4N8O8. The standard InChI is InChI=1S/C22H20F2N4O3.C12H14F2N4O3.C10H10O2/c1-30-14-8-16(23)18(17(24)9-14)15-10-25-20(29)19(15)26-22-28-27-21(31-22)13-6-4-12(5-7-13)11-2-3-11;1-21-5-2-7(13)9(8(14)3-5)6-4-16-11(19)10(6)17-12(20)18-15;11-10(12)9-5-3-8(4-6-9)7-1-2-7/h4-9,11,15,19H,2-3,10H2,1H3,(H,25,29)(H,26,28);2-3,6,10H,4,15H2,1H3,(H,16,19)(H2,17,18,20);3-7H,1-2H2,(H,11,12)/t15-,19-;6-,10-;/m00./s1. The summed E-state index contributed by atoms with van der Waals surface area (Å²) in [7, 11) is 2.61. The highest BCUT2D eigenvalue weighted by atomic mass is 19.1. The summed E-state index contributed by atoms with van der Waals surface area (Å²) in [6.45, 7) is 0.0643. The molecule has 0 unspecified atom stereocenters. The number of aromatic nitrogens is 2. The van der Waals surface area contributed by atoms with Crippen molar-refractivity contribution in [2.24, 2.45) is 5.84 Å². The van der Waals surface area contributed by atoms with E-state index >= 15 is 0 Å². The quantitative estimate of drug-likeness (QED) is 0.0373. The molecular weight excluding hydrogens is 845 g/mol. The van der Waals surface area contributed by atoms with E-state index in [1.54, 1.807) is 17.6 Å². The molecule has 2 aliphatic carbocycles. The zero-order valence-corrected chi connectivity index (χ0v) is 34.4. The van der Waals surface area contributed by atoms with Gasteiger partial charge in [-0.15, -0.1) is 5.10 Å². The summed E-state index contributed by atoms with van der Waals surface area (Å²) in [6.07, 6.45) is 4.95. The number of methoxy groups -OCH3 is 2. The molecule has 4 amide bonds. The van der Waals surface area contributed by atoms with Crippen molar-refractivity contribution in [3.63, 3.8) is 0 Å². The Morgan fingerprint density at radius 3 is 1.61 bits per heavy atom. The maximum Gasteiger partial charge on any atom is 0.335 e. The summed E-state index contributed by atoms with van der Waals surface area (Å²) in [6, 6.07) is 16.4. The first kappa shape index (κ1) is 44.8. The predicted molar refractivity (Wildman–Crippen MR) is 221 cm³/mol. The van der Waals surface area contributed by atoms with Gasteiger partial charge in [-0.3, -0.25) is 15.0 Å². The summed E-state index contributed by atoms with van der Waals surface area (Å²) < 4.78 is 72.6. The number of aromatic carboxylic acids is 1. The van der Waals surface area contributed by atoms with Crippen LogP contribution in [-0.4, -0.2) is 78.5 Å². The second kappa shape index (κ2) is 19.4. The molecule has 336 valence electrons. The first-order chi connectivity index (χ1) is 30.8. The Hall–Kier alpha value is -7.22. The SMILES string of the molecule is COc1cc(F)c([C@@H]2CNC(=O)[C@H]2NC(=O)NN)c(F)c1.COc1cc(F)c([C@@H]2CNC(=O)[C@H]2Nc2nnc(-c3ccc(C4CC4)cc3)o2)c(F)c1.O=C(O)c1ccc(C2CC2)cc1. The number of benzene rings is 4. The highest BCUT2D eigenvalue weighted by molar-refractivity contribution is 5.90. The van der Waals surface area contributed by atoms with Gasteiger partial charge in [-0.05, 0) is 72.9 Å². The number of nitrogens with zero attached hydrogens (tertiary/aromatic N) is 2. The number of hydrogen-bond donors (Lipinski definition) is 7. The van der Waals surface area contributed by atoms with Crippen LogP contribution in [0.2, 0.25) is 0 Å². The molecule has 4 aliphatic rings. The van der Waals surface area contributed by atoms with Crippen LogP contribution in [0.15, 0.2) is 77.2 Å². The molecule has 3 heterocycles. The van der Waals surface area contributed by atoms with Gasteiger partial charge >= 0.3 is 18.0 Å². The lowest BCUT2D eigenvalue weighted by Crippen LogP contribution is -2.49. The molecule has 64 heavy (non-hydrogen) atoms. The van der Waals surface area contributed by atoms with E-state index in [4.69, 9.17) is 24.8 Å². The number of carboxylic acids is 1. The Bertz CT molecular complexity index is 2470. The number of nitrogens with two attached hydrogens (primary N) is 1. The van der Waals surface area contributed by atoms with Gasteiger partial charge in [0.25, 0.3) is 0 Å². The number of amides is 4. The fourth-order valence-electron chi connectivity index (χ4n) is 7.52. The van der Waals surface area contributed by atoms with Crippen molar-refractivity contribution < 1.29 is 55.7 Å². The molecule has 20 heteroatoms. The van der Waals surface area contributed by atoms with E-state index in [1.165, 1.54) is 51.0 Å². The summed E-state index contributed by atoms with van der Waals surface area (Å²) >= 11 is 0. The number of ether oxygens (including phenoxy) is 2. The highest BCUT2D eigenvalue weighted by Gasteiger charge is 2.41. The fourth-order valence-corrected chi connectivity index (χ4v) is 7.52. The Morgan fingerprint density at radius 2 is 1.17 bits per heavy atom. The third-order valence-corrected chi connectivity index (χ3v) is 11.2. The van der Waals surface area contributed by atoms with Gasteiger partial charge in [-0.1, -0.05) is 29.4 Å². The summed E-state index contributed by atoms with van der Waals surface area (Å²) in [4.78, 5) is 45.8. The molecule has 5 aromatic rings. The lowest BCUT2D eigenvalue weighted by atomic mass is 9.93. The predicted octanol–water partition coefficient (Wildman–Crippen LogP) is 5.59. The molecule has 8 N–H and O–H groups in total. The van der Waals surface area contributed by atoms with Crippen molar-refractivity contribution >= 4 is 29.8 Å². The summed E-state index contributed by atoms with van der Waals surface area (Å²) in [5.74, 6) is -0.121. The molecule has 9 rings (SSSR count). The van der Waals surface area contributed by atoms with Gasteiger partial charge in [0.1, 0.15) is 46.9 Å². The number of nitrogens with one attached hydrogen (secondary N) is 5. The Kier molecular flexibility index (Phi) is 13.6. The molecule has 4 aromatic carbocycles. The molecule has 16 nitrogen and oxygen atoms in total. The average Bonchev–Trinajstić information content (AvgIpc) is 4.22. The van der Waals surface area contributed by atoms with Crippen LogP contribution in [0.4, 0.5) is 28.4 Å².